The molecule has 1 amide bonds. The fraction of sp³-hybridized carbons (Fsp3) is 0.136. The summed E-state index contributed by atoms with van der Waals surface area (Å²) in [6, 6.07) is 18.3. The lowest BCUT2D eigenvalue weighted by Gasteiger charge is -2.24. The Labute approximate surface area is 169 Å². The molecular formula is C22H21FN2O3S. The van der Waals surface area contributed by atoms with Crippen LogP contribution in [0, 0.1) is 19.7 Å². The summed E-state index contributed by atoms with van der Waals surface area (Å²) in [6.07, 6.45) is 0. The molecule has 0 unspecified atom stereocenters. The second-order valence-electron chi connectivity index (χ2n) is 6.60. The Morgan fingerprint density at radius 1 is 0.931 bits per heavy atom. The molecule has 0 heterocycles. The van der Waals surface area contributed by atoms with Crippen LogP contribution in [0.3, 0.4) is 0 Å². The molecule has 150 valence electrons. The molecule has 5 nitrogen and oxygen atoms in total. The van der Waals surface area contributed by atoms with Crippen molar-refractivity contribution in [2.24, 2.45) is 0 Å². The van der Waals surface area contributed by atoms with E-state index in [1.54, 1.807) is 24.3 Å². The van der Waals surface area contributed by atoms with Crippen molar-refractivity contribution in [3.8, 4) is 0 Å². The van der Waals surface area contributed by atoms with Crippen LogP contribution in [-0.4, -0.2) is 20.9 Å². The van der Waals surface area contributed by atoms with Gasteiger partial charge >= 0.3 is 0 Å². The number of carbonyl (C=O) groups excluding carboxylic acids is 1. The van der Waals surface area contributed by atoms with Crippen LogP contribution in [0.15, 0.2) is 77.7 Å². The molecule has 0 aliphatic carbocycles. The van der Waals surface area contributed by atoms with Gasteiger partial charge in [-0.15, -0.1) is 0 Å². The average molecular weight is 412 g/mol. The van der Waals surface area contributed by atoms with Gasteiger partial charge in [0, 0.05) is 5.69 Å². The summed E-state index contributed by atoms with van der Waals surface area (Å²) in [5.74, 6) is -0.992. The number of sulfonamides is 1. The van der Waals surface area contributed by atoms with Crippen LogP contribution in [0.1, 0.15) is 11.1 Å². The number of nitrogens with zero attached hydrogens (tertiary/aromatic N) is 1. The summed E-state index contributed by atoms with van der Waals surface area (Å²) in [7, 11) is -4.02. The van der Waals surface area contributed by atoms with E-state index in [1.807, 2.05) is 26.0 Å². The van der Waals surface area contributed by atoms with E-state index in [2.05, 4.69) is 5.32 Å². The Hall–Kier alpha value is -3.19. The molecule has 1 N–H and O–H groups in total. The number of hydrogen-bond donors (Lipinski definition) is 1. The van der Waals surface area contributed by atoms with E-state index >= 15 is 0 Å². The van der Waals surface area contributed by atoms with E-state index in [1.165, 1.54) is 24.3 Å². The Morgan fingerprint density at radius 3 is 2.24 bits per heavy atom. The molecule has 0 atom stereocenters. The number of hydrogen-bond acceptors (Lipinski definition) is 3. The van der Waals surface area contributed by atoms with Gasteiger partial charge in [-0.25, -0.2) is 12.8 Å². The van der Waals surface area contributed by atoms with E-state index in [-0.39, 0.29) is 10.6 Å². The molecule has 0 aliphatic heterocycles. The smallest absolute Gasteiger partial charge is 0.264 e. The van der Waals surface area contributed by atoms with Crippen molar-refractivity contribution in [1.29, 1.82) is 0 Å². The molecule has 0 aromatic heterocycles. The minimum atomic E-state index is -4.02. The third kappa shape index (κ3) is 4.63. The number of amides is 1. The van der Waals surface area contributed by atoms with Crippen molar-refractivity contribution in [3.63, 3.8) is 0 Å². The Bertz CT molecular complexity index is 1110. The van der Waals surface area contributed by atoms with Gasteiger partial charge in [-0.3, -0.25) is 9.10 Å². The average Bonchev–Trinajstić information content (AvgIpc) is 2.71. The van der Waals surface area contributed by atoms with Crippen LogP contribution in [0.25, 0.3) is 0 Å². The molecular weight excluding hydrogens is 391 g/mol. The normalized spacial score (nSPS) is 11.1. The number of carbonyl (C=O) groups is 1. The van der Waals surface area contributed by atoms with Gasteiger partial charge in [0.1, 0.15) is 12.4 Å². The Kier molecular flexibility index (Phi) is 5.98. The van der Waals surface area contributed by atoms with Crippen molar-refractivity contribution in [2.75, 3.05) is 16.2 Å². The summed E-state index contributed by atoms with van der Waals surface area (Å²) in [5, 5.41) is 2.77. The number of rotatable bonds is 6. The monoisotopic (exact) mass is 412 g/mol. The third-order valence-corrected chi connectivity index (χ3v) is 6.40. The first kappa shape index (κ1) is 20.5. The predicted octanol–water partition coefficient (Wildman–Crippen LogP) is 4.28. The van der Waals surface area contributed by atoms with Crippen molar-refractivity contribution in [1.82, 2.24) is 0 Å². The first-order valence-electron chi connectivity index (χ1n) is 8.98. The molecule has 0 saturated heterocycles. The van der Waals surface area contributed by atoms with Gasteiger partial charge in [-0.1, -0.05) is 30.3 Å². The number of anilines is 2. The molecule has 3 aromatic carbocycles. The van der Waals surface area contributed by atoms with Gasteiger partial charge in [0.15, 0.2) is 0 Å². The number of benzene rings is 3. The lowest BCUT2D eigenvalue weighted by molar-refractivity contribution is -0.114. The molecule has 0 fully saturated rings. The second kappa shape index (κ2) is 8.45. The number of halogens is 1. The molecule has 3 rings (SSSR count). The van der Waals surface area contributed by atoms with Gasteiger partial charge in [-0.05, 0) is 67.4 Å². The Balaban J connectivity index is 1.94. The summed E-state index contributed by atoms with van der Waals surface area (Å²) < 4.78 is 40.7. The van der Waals surface area contributed by atoms with Crippen LogP contribution < -0.4 is 9.62 Å². The summed E-state index contributed by atoms with van der Waals surface area (Å²) in [5.41, 5.74) is 2.73. The highest BCUT2D eigenvalue weighted by Gasteiger charge is 2.27. The lowest BCUT2D eigenvalue weighted by atomic mass is 10.1. The van der Waals surface area contributed by atoms with E-state index < -0.39 is 28.3 Å². The van der Waals surface area contributed by atoms with Crippen LogP contribution in [0.4, 0.5) is 15.8 Å². The van der Waals surface area contributed by atoms with Gasteiger partial charge in [-0.2, -0.15) is 0 Å². The Morgan fingerprint density at radius 2 is 1.59 bits per heavy atom. The zero-order valence-electron chi connectivity index (χ0n) is 16.1. The molecule has 0 spiro atoms. The van der Waals surface area contributed by atoms with E-state index in [4.69, 9.17) is 0 Å². The van der Waals surface area contributed by atoms with Gasteiger partial charge in [0.05, 0.1) is 10.6 Å². The van der Waals surface area contributed by atoms with Crippen LogP contribution in [0.2, 0.25) is 0 Å². The number of aryl methyl sites for hydroxylation is 1. The first-order chi connectivity index (χ1) is 13.8. The second-order valence-corrected chi connectivity index (χ2v) is 8.46. The molecule has 0 bridgehead atoms. The molecule has 0 saturated carbocycles. The van der Waals surface area contributed by atoms with Crippen molar-refractivity contribution in [3.05, 3.63) is 89.7 Å². The largest absolute Gasteiger partial charge is 0.324 e. The van der Waals surface area contributed by atoms with Crippen LogP contribution in [0.5, 0.6) is 0 Å². The fourth-order valence-corrected chi connectivity index (χ4v) is 4.29. The lowest BCUT2D eigenvalue weighted by Crippen LogP contribution is -2.38. The predicted molar refractivity (Wildman–Crippen MR) is 112 cm³/mol. The van der Waals surface area contributed by atoms with Crippen molar-refractivity contribution < 1.29 is 17.6 Å². The zero-order valence-corrected chi connectivity index (χ0v) is 16.9. The minimum absolute atomic E-state index is 0.0452. The van der Waals surface area contributed by atoms with E-state index in [0.29, 0.717) is 5.69 Å². The molecule has 3 aromatic rings. The minimum Gasteiger partial charge on any atom is -0.324 e. The quantitative estimate of drug-likeness (QED) is 0.657. The summed E-state index contributed by atoms with van der Waals surface area (Å²) in [6.45, 7) is 3.36. The van der Waals surface area contributed by atoms with Gasteiger partial charge in [0.2, 0.25) is 5.91 Å². The third-order valence-electron chi connectivity index (χ3n) is 4.61. The summed E-state index contributed by atoms with van der Waals surface area (Å²) >= 11 is 0. The van der Waals surface area contributed by atoms with Crippen molar-refractivity contribution in [2.45, 2.75) is 18.7 Å². The number of nitrogens with one attached hydrogen (secondary N) is 1. The maximum atomic E-state index is 13.4. The van der Waals surface area contributed by atoms with E-state index in [9.17, 15) is 17.6 Å². The molecule has 0 radical (unpaired) electrons. The standard InChI is InChI=1S/C22H21FN2O3S/c1-16-7-6-10-21(17(16)2)24-22(26)15-25(19-13-11-18(23)12-14-19)29(27,28)20-8-4-3-5-9-20/h3-14H,15H2,1-2H3,(H,24,26). The van der Waals surface area contributed by atoms with Crippen LogP contribution >= 0.6 is 0 Å². The highest BCUT2D eigenvalue weighted by atomic mass is 32.2. The van der Waals surface area contributed by atoms with Gasteiger partial charge < -0.3 is 5.32 Å². The molecule has 7 heteroatoms. The first-order valence-corrected chi connectivity index (χ1v) is 10.4. The van der Waals surface area contributed by atoms with Crippen molar-refractivity contribution >= 4 is 27.3 Å². The molecule has 0 aliphatic rings. The van der Waals surface area contributed by atoms with Gasteiger partial charge in [0.25, 0.3) is 10.0 Å². The van der Waals surface area contributed by atoms with E-state index in [0.717, 1.165) is 27.6 Å². The fourth-order valence-electron chi connectivity index (χ4n) is 2.85. The maximum Gasteiger partial charge on any atom is 0.264 e. The topological polar surface area (TPSA) is 66.5 Å². The maximum absolute atomic E-state index is 13.4. The SMILES string of the molecule is Cc1cccc(NC(=O)CN(c2ccc(F)cc2)S(=O)(=O)c2ccccc2)c1C. The highest BCUT2D eigenvalue weighted by molar-refractivity contribution is 7.92. The summed E-state index contributed by atoms with van der Waals surface area (Å²) in [4.78, 5) is 12.8. The van der Waals surface area contributed by atoms with Crippen LogP contribution in [-0.2, 0) is 14.8 Å². The molecule has 29 heavy (non-hydrogen) atoms. The highest BCUT2D eigenvalue weighted by Crippen LogP contribution is 2.24. The zero-order chi connectivity index (χ0) is 21.0.